The van der Waals surface area contributed by atoms with Crippen LogP contribution in [0.4, 0.5) is 0 Å². The van der Waals surface area contributed by atoms with Crippen molar-refractivity contribution < 1.29 is 14.9 Å². The van der Waals surface area contributed by atoms with Gasteiger partial charge in [0.1, 0.15) is 12.3 Å². The molecule has 106 valence electrons. The molecule has 0 spiro atoms. The number of aromatic amines is 1. The maximum atomic E-state index is 11.7. The number of ether oxygens (including phenoxy) is 1. The first kappa shape index (κ1) is 13.9. The fourth-order valence-corrected chi connectivity index (χ4v) is 2.12. The summed E-state index contributed by atoms with van der Waals surface area (Å²) in [4.78, 5) is 25.5. The largest absolute Gasteiger partial charge is 0.394 e. The van der Waals surface area contributed by atoms with Gasteiger partial charge in [-0.2, -0.15) is 0 Å². The van der Waals surface area contributed by atoms with Crippen LogP contribution in [0, 0.1) is 0 Å². The number of hydrogen-bond acceptors (Lipinski definition) is 6. The molecule has 8 nitrogen and oxygen atoms in total. The van der Waals surface area contributed by atoms with Gasteiger partial charge in [0.25, 0.3) is 5.56 Å². The van der Waals surface area contributed by atoms with Crippen molar-refractivity contribution in [3.63, 3.8) is 0 Å². The number of nitrogens with zero attached hydrogens (tertiary/aromatic N) is 1. The first-order valence-corrected chi connectivity index (χ1v) is 6.05. The third-order valence-corrected chi connectivity index (χ3v) is 3.15. The second kappa shape index (κ2) is 5.66. The molecule has 0 amide bonds. The Hall–Kier alpha value is -1.48. The predicted molar refractivity (Wildman–Crippen MR) is 65.7 cm³/mol. The summed E-state index contributed by atoms with van der Waals surface area (Å²) in [6.07, 6.45) is -0.347. The van der Waals surface area contributed by atoms with Gasteiger partial charge in [-0.15, -0.1) is 0 Å². The number of nitrogens with two attached hydrogens (primary N) is 1. The molecular formula is C11H17N3O5. The van der Waals surface area contributed by atoms with E-state index < -0.39 is 29.7 Å². The summed E-state index contributed by atoms with van der Waals surface area (Å²) in [5, 5.41) is 18.7. The first-order valence-electron chi connectivity index (χ1n) is 6.05. The van der Waals surface area contributed by atoms with Crippen LogP contribution in [0.3, 0.4) is 0 Å². The van der Waals surface area contributed by atoms with Gasteiger partial charge in [0.2, 0.25) is 0 Å². The average molecular weight is 271 g/mol. The fourth-order valence-electron chi connectivity index (χ4n) is 2.12. The van der Waals surface area contributed by atoms with E-state index in [1.165, 1.54) is 10.8 Å². The summed E-state index contributed by atoms with van der Waals surface area (Å²) in [6, 6.07) is 0. The fraction of sp³-hybridized carbons (Fsp3) is 0.636. The lowest BCUT2D eigenvalue weighted by Crippen LogP contribution is -2.34. The Morgan fingerprint density at radius 1 is 1.53 bits per heavy atom. The molecule has 2 rings (SSSR count). The van der Waals surface area contributed by atoms with Crippen LogP contribution in [0.1, 0.15) is 18.2 Å². The molecule has 1 aliphatic rings. The molecule has 1 aromatic heterocycles. The third kappa shape index (κ3) is 2.76. The van der Waals surface area contributed by atoms with Crippen molar-refractivity contribution in [2.45, 2.75) is 31.3 Å². The third-order valence-electron chi connectivity index (χ3n) is 3.15. The minimum atomic E-state index is -0.841. The first-order chi connectivity index (χ1) is 9.06. The van der Waals surface area contributed by atoms with Gasteiger partial charge in [0.05, 0.1) is 12.7 Å². The molecule has 0 aromatic carbocycles. The van der Waals surface area contributed by atoms with Gasteiger partial charge < -0.3 is 20.7 Å². The van der Waals surface area contributed by atoms with Gasteiger partial charge in [0, 0.05) is 18.2 Å². The number of aliphatic hydroxyl groups is 2. The highest BCUT2D eigenvalue weighted by atomic mass is 16.5. The molecule has 2 heterocycles. The molecule has 1 fully saturated rings. The van der Waals surface area contributed by atoms with Crippen molar-refractivity contribution >= 4 is 0 Å². The Morgan fingerprint density at radius 3 is 2.84 bits per heavy atom. The van der Waals surface area contributed by atoms with Gasteiger partial charge in [0.15, 0.2) is 0 Å². The molecule has 19 heavy (non-hydrogen) atoms. The summed E-state index contributed by atoms with van der Waals surface area (Å²) in [6.45, 7) is -0.0415. The molecule has 5 N–H and O–H groups in total. The molecule has 0 saturated carbocycles. The SMILES string of the molecule is NCCc1cn([C@H]2C[C@H](O)[C@@H](CO)O2)c(=O)[nH]c1=O. The highest BCUT2D eigenvalue weighted by Crippen LogP contribution is 2.27. The van der Waals surface area contributed by atoms with Gasteiger partial charge in [-0.05, 0) is 13.0 Å². The lowest BCUT2D eigenvalue weighted by atomic mass is 10.2. The van der Waals surface area contributed by atoms with Crippen LogP contribution in [0.15, 0.2) is 15.8 Å². The van der Waals surface area contributed by atoms with Gasteiger partial charge in [-0.3, -0.25) is 14.3 Å². The quantitative estimate of drug-likeness (QED) is 0.486. The monoisotopic (exact) mass is 271 g/mol. The van der Waals surface area contributed by atoms with Gasteiger partial charge in [-0.25, -0.2) is 4.79 Å². The van der Waals surface area contributed by atoms with Gasteiger partial charge >= 0.3 is 5.69 Å². The summed E-state index contributed by atoms with van der Waals surface area (Å²) in [5.74, 6) is 0. The number of nitrogens with one attached hydrogen (secondary N) is 1. The van der Waals surface area contributed by atoms with Crippen molar-refractivity contribution in [1.82, 2.24) is 9.55 Å². The van der Waals surface area contributed by atoms with E-state index in [-0.39, 0.29) is 19.6 Å². The van der Waals surface area contributed by atoms with Crippen LogP contribution in [0.2, 0.25) is 0 Å². The predicted octanol–water partition coefficient (Wildman–Crippen LogP) is -2.32. The van der Waals surface area contributed by atoms with Crippen molar-refractivity contribution in [3.05, 3.63) is 32.6 Å². The van der Waals surface area contributed by atoms with E-state index in [1.54, 1.807) is 0 Å². The summed E-state index contributed by atoms with van der Waals surface area (Å²) < 4.78 is 6.59. The van der Waals surface area contributed by atoms with E-state index in [0.29, 0.717) is 12.0 Å². The van der Waals surface area contributed by atoms with Crippen molar-refractivity contribution in [2.75, 3.05) is 13.2 Å². The summed E-state index contributed by atoms with van der Waals surface area (Å²) in [7, 11) is 0. The number of aromatic nitrogens is 2. The number of rotatable bonds is 4. The maximum Gasteiger partial charge on any atom is 0.330 e. The van der Waals surface area contributed by atoms with Gasteiger partial charge in [-0.1, -0.05) is 0 Å². The Bertz CT molecular complexity index is 552. The average Bonchev–Trinajstić information content (AvgIpc) is 2.74. The highest BCUT2D eigenvalue weighted by Gasteiger charge is 2.35. The Kier molecular flexibility index (Phi) is 4.15. The number of hydrogen-bond donors (Lipinski definition) is 4. The van der Waals surface area contributed by atoms with E-state index in [1.807, 2.05) is 0 Å². The van der Waals surface area contributed by atoms with E-state index in [9.17, 15) is 14.7 Å². The zero-order valence-electron chi connectivity index (χ0n) is 10.3. The Labute approximate surface area is 108 Å². The molecule has 1 saturated heterocycles. The minimum Gasteiger partial charge on any atom is -0.394 e. The van der Waals surface area contributed by atoms with E-state index in [2.05, 4.69) is 4.98 Å². The van der Waals surface area contributed by atoms with Crippen LogP contribution in [-0.4, -0.2) is 45.1 Å². The van der Waals surface area contributed by atoms with Crippen LogP contribution in [0.5, 0.6) is 0 Å². The van der Waals surface area contributed by atoms with Crippen LogP contribution < -0.4 is 17.0 Å². The zero-order chi connectivity index (χ0) is 14.0. The molecule has 1 aromatic rings. The minimum absolute atomic E-state index is 0.180. The number of aliphatic hydroxyl groups excluding tert-OH is 2. The molecule has 3 atom stereocenters. The molecule has 0 aliphatic carbocycles. The zero-order valence-corrected chi connectivity index (χ0v) is 10.3. The van der Waals surface area contributed by atoms with Crippen molar-refractivity contribution in [3.8, 4) is 0 Å². The van der Waals surface area contributed by atoms with Crippen molar-refractivity contribution in [1.29, 1.82) is 0 Å². The lowest BCUT2D eigenvalue weighted by molar-refractivity contribution is -0.0459. The Balaban J connectivity index is 2.33. The molecule has 1 aliphatic heterocycles. The topological polar surface area (TPSA) is 131 Å². The smallest absolute Gasteiger partial charge is 0.330 e. The molecule has 8 heteroatoms. The van der Waals surface area contributed by atoms with Crippen molar-refractivity contribution in [2.24, 2.45) is 5.73 Å². The van der Waals surface area contributed by atoms with Crippen LogP contribution >= 0.6 is 0 Å². The molecule has 0 bridgehead atoms. The maximum absolute atomic E-state index is 11.7. The standard InChI is InChI=1S/C11H17N3O5/c12-2-1-6-4-14(11(18)13-10(6)17)9-3-7(16)8(5-15)19-9/h4,7-9,15-16H,1-3,5,12H2,(H,13,17,18)/t7-,8+,9+/m0/s1. The Morgan fingerprint density at radius 2 is 2.26 bits per heavy atom. The van der Waals surface area contributed by atoms with Crippen LogP contribution in [-0.2, 0) is 11.2 Å². The molecule has 0 radical (unpaired) electrons. The van der Waals surface area contributed by atoms with E-state index in [4.69, 9.17) is 15.6 Å². The molecular weight excluding hydrogens is 254 g/mol. The molecule has 0 unspecified atom stereocenters. The summed E-state index contributed by atoms with van der Waals surface area (Å²) >= 11 is 0. The second-order valence-corrected chi connectivity index (χ2v) is 4.47. The second-order valence-electron chi connectivity index (χ2n) is 4.47. The number of H-pyrrole nitrogens is 1. The van der Waals surface area contributed by atoms with Crippen LogP contribution in [0.25, 0.3) is 0 Å². The highest BCUT2D eigenvalue weighted by molar-refractivity contribution is 5.05. The summed E-state index contributed by atoms with van der Waals surface area (Å²) in [5.41, 5.74) is 4.70. The van der Waals surface area contributed by atoms with E-state index >= 15 is 0 Å². The normalized spacial score (nSPS) is 26.8. The van der Waals surface area contributed by atoms with E-state index in [0.717, 1.165) is 0 Å². The lowest BCUT2D eigenvalue weighted by Gasteiger charge is -2.15.